The lowest BCUT2D eigenvalue weighted by Gasteiger charge is -2.23. The topological polar surface area (TPSA) is 91.6 Å². The number of anilines is 1. The highest BCUT2D eigenvalue weighted by atomic mass is 19.1. The molecule has 0 bridgehead atoms. The van der Waals surface area contributed by atoms with Gasteiger partial charge in [-0.3, -0.25) is 4.79 Å². The molecule has 3 rings (SSSR count). The highest BCUT2D eigenvalue weighted by Gasteiger charge is 2.20. The number of ether oxygens (including phenoxy) is 2. The van der Waals surface area contributed by atoms with Crippen LogP contribution in [0.2, 0.25) is 0 Å². The number of rotatable bonds is 7. The number of amides is 1. The van der Waals surface area contributed by atoms with Gasteiger partial charge in [-0.2, -0.15) is 5.26 Å². The number of nitrogens with zero attached hydrogens (tertiary/aromatic N) is 1. The average molecular weight is 438 g/mol. The second kappa shape index (κ2) is 10.7. The van der Waals surface area contributed by atoms with Crippen LogP contribution in [0, 0.1) is 23.1 Å². The predicted molar refractivity (Wildman–Crippen MR) is 120 cm³/mol. The van der Waals surface area contributed by atoms with Crippen molar-refractivity contribution in [2.45, 2.75) is 39.0 Å². The number of carbonyl (C=O) groups excluding carboxylic acids is 1. The maximum Gasteiger partial charge on any atom is 0.269 e. The normalized spacial score (nSPS) is 14.8. The van der Waals surface area contributed by atoms with Gasteiger partial charge in [0.05, 0.1) is 19.4 Å². The van der Waals surface area contributed by atoms with Gasteiger partial charge in [-0.25, -0.2) is 4.39 Å². The van der Waals surface area contributed by atoms with Gasteiger partial charge in [0.1, 0.15) is 29.1 Å². The van der Waals surface area contributed by atoms with Gasteiger partial charge in [-0.15, -0.1) is 0 Å². The van der Waals surface area contributed by atoms with Crippen molar-refractivity contribution < 1.29 is 23.8 Å². The van der Waals surface area contributed by atoms with Gasteiger partial charge >= 0.3 is 0 Å². The Morgan fingerprint density at radius 1 is 1.25 bits per heavy atom. The van der Waals surface area contributed by atoms with E-state index < -0.39 is 23.1 Å². The molecule has 1 fully saturated rings. The summed E-state index contributed by atoms with van der Waals surface area (Å²) in [5.74, 6) is -0.542. The number of nitriles is 1. The first-order valence-electron chi connectivity index (χ1n) is 10.6. The summed E-state index contributed by atoms with van der Waals surface area (Å²) in [4.78, 5) is 12.3. The Kier molecular flexibility index (Phi) is 7.72. The second-order valence-electron chi connectivity index (χ2n) is 7.90. The molecule has 0 radical (unpaired) electrons. The third-order valence-corrected chi connectivity index (χ3v) is 5.60. The standard InChI is InChI=1S/C25H27FN2O4/c1-16(29)21(14-27)25(30)28-23-13-24(32-15-17-7-4-3-5-8-17)20(12-22(23)26)18-9-6-10-19(11-18)31-2/h6,9-13,17,29H,3-5,7-8,15H2,1-2H3,(H,28,30)/b21-16-. The molecule has 0 unspecified atom stereocenters. The van der Waals surface area contributed by atoms with Crippen LogP contribution < -0.4 is 14.8 Å². The van der Waals surface area contributed by atoms with Crippen LogP contribution in [0.5, 0.6) is 11.5 Å². The minimum absolute atomic E-state index is 0.130. The molecule has 7 heteroatoms. The average Bonchev–Trinajstić information content (AvgIpc) is 2.80. The van der Waals surface area contributed by atoms with Crippen molar-refractivity contribution in [1.29, 1.82) is 5.26 Å². The number of hydrogen-bond donors (Lipinski definition) is 2. The lowest BCUT2D eigenvalue weighted by atomic mass is 9.90. The van der Waals surface area contributed by atoms with E-state index in [-0.39, 0.29) is 5.69 Å². The van der Waals surface area contributed by atoms with Gasteiger partial charge in [0.2, 0.25) is 0 Å². The third-order valence-electron chi connectivity index (χ3n) is 5.60. The number of nitrogens with one attached hydrogen (secondary N) is 1. The minimum Gasteiger partial charge on any atom is -0.511 e. The number of halogens is 1. The molecule has 32 heavy (non-hydrogen) atoms. The Labute approximate surface area is 187 Å². The number of allylic oxidation sites excluding steroid dienone is 1. The van der Waals surface area contributed by atoms with Gasteiger partial charge in [-0.1, -0.05) is 31.4 Å². The van der Waals surface area contributed by atoms with E-state index in [0.29, 0.717) is 35.2 Å². The molecule has 1 aliphatic rings. The molecule has 2 N–H and O–H groups in total. The summed E-state index contributed by atoms with van der Waals surface area (Å²) in [6, 6.07) is 11.6. The summed E-state index contributed by atoms with van der Waals surface area (Å²) >= 11 is 0. The Bertz CT molecular complexity index is 1050. The molecule has 1 aliphatic carbocycles. The zero-order chi connectivity index (χ0) is 23.1. The second-order valence-corrected chi connectivity index (χ2v) is 7.90. The Balaban J connectivity index is 1.96. The monoisotopic (exact) mass is 438 g/mol. The van der Waals surface area contributed by atoms with E-state index in [2.05, 4.69) is 5.32 Å². The number of carbonyl (C=O) groups is 1. The van der Waals surface area contributed by atoms with Crippen molar-refractivity contribution in [2.75, 3.05) is 19.0 Å². The molecule has 6 nitrogen and oxygen atoms in total. The van der Waals surface area contributed by atoms with Crippen molar-refractivity contribution in [1.82, 2.24) is 0 Å². The van der Waals surface area contributed by atoms with E-state index in [9.17, 15) is 14.3 Å². The van der Waals surface area contributed by atoms with E-state index >= 15 is 0 Å². The summed E-state index contributed by atoms with van der Waals surface area (Å²) in [5.41, 5.74) is 0.633. The van der Waals surface area contributed by atoms with Gasteiger partial charge in [0, 0.05) is 11.6 Å². The third kappa shape index (κ3) is 5.58. The molecular weight excluding hydrogens is 411 g/mol. The van der Waals surface area contributed by atoms with E-state index in [1.54, 1.807) is 31.4 Å². The van der Waals surface area contributed by atoms with Crippen LogP contribution in [0.25, 0.3) is 11.1 Å². The highest BCUT2D eigenvalue weighted by molar-refractivity contribution is 6.07. The van der Waals surface area contributed by atoms with Gasteiger partial charge in [0.15, 0.2) is 5.57 Å². The summed E-state index contributed by atoms with van der Waals surface area (Å²) in [6.07, 6.45) is 5.75. The number of methoxy groups -OCH3 is 1. The maximum atomic E-state index is 15.0. The lowest BCUT2D eigenvalue weighted by Crippen LogP contribution is -2.17. The first-order chi connectivity index (χ1) is 15.4. The predicted octanol–water partition coefficient (Wildman–Crippen LogP) is 5.75. The molecule has 2 aromatic rings. The number of aliphatic hydroxyl groups excluding tert-OH is 1. The summed E-state index contributed by atoms with van der Waals surface area (Å²) in [5, 5.41) is 21.0. The van der Waals surface area contributed by atoms with Crippen molar-refractivity contribution >= 4 is 11.6 Å². The molecule has 1 saturated carbocycles. The number of benzene rings is 2. The van der Waals surface area contributed by atoms with Crippen LogP contribution in [0.4, 0.5) is 10.1 Å². The van der Waals surface area contributed by atoms with Crippen LogP contribution in [0.15, 0.2) is 47.7 Å². The Hall–Kier alpha value is -3.53. The molecule has 0 aliphatic heterocycles. The van der Waals surface area contributed by atoms with Gasteiger partial charge < -0.3 is 19.9 Å². The van der Waals surface area contributed by atoms with Crippen LogP contribution in [-0.2, 0) is 4.79 Å². The molecule has 168 valence electrons. The number of hydrogen-bond acceptors (Lipinski definition) is 5. The molecule has 1 amide bonds. The molecular formula is C25H27FN2O4. The Morgan fingerprint density at radius 3 is 2.66 bits per heavy atom. The molecule has 2 aromatic carbocycles. The van der Waals surface area contributed by atoms with E-state index in [0.717, 1.165) is 12.8 Å². The number of aliphatic hydroxyl groups is 1. The van der Waals surface area contributed by atoms with Gasteiger partial charge in [0.25, 0.3) is 5.91 Å². The summed E-state index contributed by atoms with van der Waals surface area (Å²) in [7, 11) is 1.56. The SMILES string of the molecule is COc1cccc(-c2cc(F)c(NC(=O)/C(C#N)=C(/C)O)cc2OCC2CCCCC2)c1. The van der Waals surface area contributed by atoms with E-state index in [1.807, 2.05) is 6.07 Å². The first-order valence-corrected chi connectivity index (χ1v) is 10.6. The summed E-state index contributed by atoms with van der Waals surface area (Å²) < 4.78 is 26.4. The quantitative estimate of drug-likeness (QED) is 0.326. The fourth-order valence-electron chi connectivity index (χ4n) is 3.83. The Morgan fingerprint density at radius 2 is 2.00 bits per heavy atom. The molecule has 0 heterocycles. The first kappa shape index (κ1) is 23.1. The molecule has 0 aromatic heterocycles. The smallest absolute Gasteiger partial charge is 0.269 e. The van der Waals surface area contributed by atoms with Crippen LogP contribution in [-0.4, -0.2) is 24.7 Å². The molecule has 0 atom stereocenters. The van der Waals surface area contributed by atoms with Gasteiger partial charge in [-0.05, 0) is 49.4 Å². The maximum absolute atomic E-state index is 15.0. The largest absolute Gasteiger partial charge is 0.511 e. The van der Waals surface area contributed by atoms with Crippen molar-refractivity contribution in [3.05, 3.63) is 53.5 Å². The lowest BCUT2D eigenvalue weighted by molar-refractivity contribution is -0.112. The van der Waals surface area contributed by atoms with Crippen molar-refractivity contribution in [3.8, 4) is 28.7 Å². The molecule has 0 spiro atoms. The fraction of sp³-hybridized carbons (Fsp3) is 0.360. The van der Waals surface area contributed by atoms with E-state index in [1.165, 1.54) is 38.3 Å². The highest BCUT2D eigenvalue weighted by Crippen LogP contribution is 2.37. The zero-order valence-corrected chi connectivity index (χ0v) is 18.3. The summed E-state index contributed by atoms with van der Waals surface area (Å²) in [6.45, 7) is 1.72. The van der Waals surface area contributed by atoms with Crippen LogP contribution >= 0.6 is 0 Å². The van der Waals surface area contributed by atoms with Crippen molar-refractivity contribution in [2.24, 2.45) is 5.92 Å². The van der Waals surface area contributed by atoms with E-state index in [4.69, 9.17) is 14.7 Å². The molecule has 0 saturated heterocycles. The fourth-order valence-corrected chi connectivity index (χ4v) is 3.83. The minimum atomic E-state index is -0.890. The van der Waals surface area contributed by atoms with Crippen molar-refractivity contribution in [3.63, 3.8) is 0 Å². The van der Waals surface area contributed by atoms with Crippen LogP contribution in [0.3, 0.4) is 0 Å². The zero-order valence-electron chi connectivity index (χ0n) is 18.3. The van der Waals surface area contributed by atoms with Crippen LogP contribution in [0.1, 0.15) is 39.0 Å².